The number of esters is 1. The predicted molar refractivity (Wildman–Crippen MR) is 78.7 cm³/mol. The fraction of sp³-hybridized carbons (Fsp3) is 0.769. The number of hydrogen-bond donors (Lipinski definition) is 1. The molecule has 0 aliphatic rings. The van der Waals surface area contributed by atoms with Crippen molar-refractivity contribution in [2.75, 3.05) is 33.3 Å². The maximum absolute atomic E-state index is 10.9. The Labute approximate surface area is 129 Å². The number of likely N-dealkylation sites (N-methyl/N-ethyl adjacent to an activating group) is 1. The van der Waals surface area contributed by atoms with Crippen LogP contribution in [0.3, 0.4) is 0 Å². The Hall–Kier alpha value is -1.09. The van der Waals surface area contributed by atoms with E-state index in [0.717, 1.165) is 36.5 Å². The molecule has 9 heteroatoms. The number of carbonyl (C=O) groups is 1. The Bertz CT molecular complexity index is 315. The SMILES string of the molecule is C=CC(=O)OCC(O)C[N+](C)(CCC)CCC.F[B-](F)(F)F. The van der Waals surface area contributed by atoms with Gasteiger partial charge in [-0.25, -0.2) is 4.79 Å². The molecular weight excluding hydrogens is 305 g/mol. The van der Waals surface area contributed by atoms with Crippen LogP contribution in [0.25, 0.3) is 0 Å². The van der Waals surface area contributed by atoms with Crippen molar-refractivity contribution in [2.45, 2.75) is 32.8 Å². The van der Waals surface area contributed by atoms with Crippen LogP contribution in [0.5, 0.6) is 0 Å². The van der Waals surface area contributed by atoms with Gasteiger partial charge in [-0.3, -0.25) is 0 Å². The van der Waals surface area contributed by atoms with Crippen molar-refractivity contribution in [1.29, 1.82) is 0 Å². The van der Waals surface area contributed by atoms with E-state index in [-0.39, 0.29) is 6.61 Å². The van der Waals surface area contributed by atoms with Crippen LogP contribution in [0.4, 0.5) is 17.3 Å². The number of ether oxygens (including phenoxy) is 1. The lowest BCUT2D eigenvalue weighted by atomic mass is 10.2. The molecule has 0 aromatic heterocycles. The highest BCUT2D eigenvalue weighted by Gasteiger charge is 2.24. The zero-order valence-electron chi connectivity index (χ0n) is 13.4. The minimum Gasteiger partial charge on any atom is -0.460 e. The molecule has 0 fully saturated rings. The van der Waals surface area contributed by atoms with E-state index in [1.54, 1.807) is 0 Å². The molecule has 0 saturated carbocycles. The molecule has 0 spiro atoms. The third-order valence-corrected chi connectivity index (χ3v) is 2.76. The second-order valence-electron chi connectivity index (χ2n) is 5.23. The van der Waals surface area contributed by atoms with Crippen molar-refractivity contribution in [3.63, 3.8) is 0 Å². The van der Waals surface area contributed by atoms with Gasteiger partial charge in [-0.15, -0.1) is 0 Å². The molecule has 0 aliphatic heterocycles. The molecule has 0 aliphatic carbocycles. The van der Waals surface area contributed by atoms with E-state index in [0.29, 0.717) is 6.54 Å². The summed E-state index contributed by atoms with van der Waals surface area (Å²) in [5.41, 5.74) is 0. The topological polar surface area (TPSA) is 46.5 Å². The highest BCUT2D eigenvalue weighted by Crippen LogP contribution is 2.08. The van der Waals surface area contributed by atoms with Gasteiger partial charge >= 0.3 is 13.2 Å². The first-order valence-corrected chi connectivity index (χ1v) is 7.15. The number of halogens is 4. The molecule has 0 saturated heterocycles. The average Bonchev–Trinajstić information content (AvgIpc) is 2.34. The number of aliphatic hydroxyl groups excluding tert-OH is 1. The van der Waals surface area contributed by atoms with E-state index < -0.39 is 19.3 Å². The minimum absolute atomic E-state index is 0.0477. The third kappa shape index (κ3) is 17.0. The van der Waals surface area contributed by atoms with Crippen molar-refractivity contribution in [2.24, 2.45) is 0 Å². The summed E-state index contributed by atoms with van der Waals surface area (Å²) in [6.45, 7) is 10.3. The molecular formula is C13H26BF4NO3. The zero-order valence-corrected chi connectivity index (χ0v) is 13.4. The maximum atomic E-state index is 10.9. The molecule has 1 unspecified atom stereocenters. The van der Waals surface area contributed by atoms with Gasteiger partial charge in [-0.1, -0.05) is 20.4 Å². The number of nitrogens with zero attached hydrogens (tertiary/aromatic N) is 1. The first-order chi connectivity index (χ1) is 9.97. The summed E-state index contributed by atoms with van der Waals surface area (Å²) >= 11 is 0. The van der Waals surface area contributed by atoms with E-state index in [2.05, 4.69) is 27.5 Å². The van der Waals surface area contributed by atoms with E-state index in [4.69, 9.17) is 4.74 Å². The van der Waals surface area contributed by atoms with Gasteiger partial charge in [-0.05, 0) is 12.8 Å². The smallest absolute Gasteiger partial charge is 0.460 e. The Morgan fingerprint density at radius 3 is 2.00 bits per heavy atom. The van der Waals surface area contributed by atoms with Gasteiger partial charge in [-0.2, -0.15) is 0 Å². The van der Waals surface area contributed by atoms with Crippen LogP contribution in [0.2, 0.25) is 0 Å². The molecule has 22 heavy (non-hydrogen) atoms. The van der Waals surface area contributed by atoms with Crippen molar-refractivity contribution in [3.8, 4) is 0 Å². The van der Waals surface area contributed by atoms with E-state index in [1.807, 2.05) is 0 Å². The average molecular weight is 331 g/mol. The van der Waals surface area contributed by atoms with Crippen LogP contribution in [0.1, 0.15) is 26.7 Å². The Morgan fingerprint density at radius 1 is 1.27 bits per heavy atom. The van der Waals surface area contributed by atoms with Crippen molar-refractivity contribution < 1.29 is 36.4 Å². The first kappa shape index (κ1) is 23.2. The molecule has 0 aromatic carbocycles. The van der Waals surface area contributed by atoms with Crippen LogP contribution < -0.4 is 0 Å². The molecule has 0 amide bonds. The molecule has 132 valence electrons. The van der Waals surface area contributed by atoms with Crippen molar-refractivity contribution in [3.05, 3.63) is 12.7 Å². The number of hydrogen-bond acceptors (Lipinski definition) is 3. The maximum Gasteiger partial charge on any atom is 0.673 e. The van der Waals surface area contributed by atoms with Gasteiger partial charge in [0.15, 0.2) is 0 Å². The largest absolute Gasteiger partial charge is 0.673 e. The van der Waals surface area contributed by atoms with Gasteiger partial charge in [0.25, 0.3) is 0 Å². The molecule has 0 bridgehead atoms. The number of carbonyl (C=O) groups excluding carboxylic acids is 1. The van der Waals surface area contributed by atoms with E-state index in [1.165, 1.54) is 0 Å². The lowest BCUT2D eigenvalue weighted by molar-refractivity contribution is -0.912. The Kier molecular flexibility index (Phi) is 12.1. The second kappa shape index (κ2) is 11.5. The lowest BCUT2D eigenvalue weighted by Crippen LogP contribution is -2.50. The molecule has 0 heterocycles. The fourth-order valence-corrected chi connectivity index (χ4v) is 2.17. The van der Waals surface area contributed by atoms with Crippen molar-refractivity contribution >= 4 is 13.2 Å². The number of aliphatic hydroxyl groups is 1. The summed E-state index contributed by atoms with van der Waals surface area (Å²) in [6.07, 6.45) is 2.66. The second-order valence-corrected chi connectivity index (χ2v) is 5.23. The van der Waals surface area contributed by atoms with Crippen LogP contribution in [0.15, 0.2) is 12.7 Å². The number of quaternary nitrogens is 1. The molecule has 0 rings (SSSR count). The van der Waals surface area contributed by atoms with Gasteiger partial charge < -0.3 is 31.6 Å². The normalized spacial score (nSPS) is 12.9. The molecule has 1 N–H and O–H groups in total. The third-order valence-electron chi connectivity index (χ3n) is 2.76. The minimum atomic E-state index is -6.00. The van der Waals surface area contributed by atoms with Crippen molar-refractivity contribution in [1.82, 2.24) is 0 Å². The summed E-state index contributed by atoms with van der Waals surface area (Å²) in [6, 6.07) is 0. The quantitative estimate of drug-likeness (QED) is 0.232. The number of rotatable bonds is 9. The zero-order chi connectivity index (χ0) is 17.8. The van der Waals surface area contributed by atoms with Crippen LogP contribution in [-0.2, 0) is 9.53 Å². The van der Waals surface area contributed by atoms with E-state index >= 15 is 0 Å². The highest BCUT2D eigenvalue weighted by atomic mass is 19.5. The Balaban J connectivity index is 0. The summed E-state index contributed by atoms with van der Waals surface area (Å²) in [4.78, 5) is 10.9. The molecule has 4 nitrogen and oxygen atoms in total. The monoisotopic (exact) mass is 331 g/mol. The summed E-state index contributed by atoms with van der Waals surface area (Å²) in [5.74, 6) is -0.482. The first-order valence-electron chi connectivity index (χ1n) is 7.15. The van der Waals surface area contributed by atoms with E-state index in [9.17, 15) is 27.2 Å². The van der Waals surface area contributed by atoms with Gasteiger partial charge in [0, 0.05) is 6.08 Å². The van der Waals surface area contributed by atoms with Crippen LogP contribution >= 0.6 is 0 Å². The predicted octanol–water partition coefficient (Wildman–Crippen LogP) is 2.64. The highest BCUT2D eigenvalue weighted by molar-refractivity contribution is 6.50. The molecule has 1 atom stereocenters. The standard InChI is InChI=1S/C13H26NO3.BF4/c1-5-8-14(4,9-6-2)10-12(15)11-17-13(16)7-3;2-1(3,4)5/h7,12,15H,3,5-6,8-11H2,1-2,4H3;/q+1;-1. The molecule has 0 aromatic rings. The Morgan fingerprint density at radius 2 is 1.68 bits per heavy atom. The fourth-order valence-electron chi connectivity index (χ4n) is 2.17. The summed E-state index contributed by atoms with van der Waals surface area (Å²) in [5, 5.41) is 9.86. The molecule has 0 radical (unpaired) electrons. The van der Waals surface area contributed by atoms with Gasteiger partial charge in [0.05, 0.1) is 20.1 Å². The van der Waals surface area contributed by atoms with Gasteiger partial charge in [0.1, 0.15) is 19.3 Å². The van der Waals surface area contributed by atoms with Crippen LogP contribution in [0, 0.1) is 0 Å². The van der Waals surface area contributed by atoms with Gasteiger partial charge in [0.2, 0.25) is 0 Å². The summed E-state index contributed by atoms with van der Waals surface area (Å²) < 4.78 is 44.7. The summed E-state index contributed by atoms with van der Waals surface area (Å²) in [7, 11) is -3.87. The van der Waals surface area contributed by atoms with Crippen LogP contribution in [-0.4, -0.2) is 62.2 Å². The lowest BCUT2D eigenvalue weighted by Gasteiger charge is -2.35.